The fraction of sp³-hybridized carbons (Fsp3) is 0.400. The number of hydrogen-bond acceptors (Lipinski definition) is 3. The van der Waals surface area contributed by atoms with Gasteiger partial charge in [-0.2, -0.15) is 0 Å². The van der Waals surface area contributed by atoms with Crippen LogP contribution in [-0.2, 0) is 9.59 Å². The number of amides is 4. The molecule has 0 saturated carbocycles. The molecule has 4 N–H and O–H groups in total. The summed E-state index contributed by atoms with van der Waals surface area (Å²) in [4.78, 5) is 36.0. The molecular formula is C15H20N4O3. The lowest BCUT2D eigenvalue weighted by molar-refractivity contribution is -0.121. The van der Waals surface area contributed by atoms with Crippen molar-refractivity contribution >= 4 is 29.2 Å². The highest BCUT2D eigenvalue weighted by molar-refractivity contribution is 5.94. The number of primary amides is 1. The number of nitrogens with two attached hydrogens (primary N) is 1. The molecule has 0 radical (unpaired) electrons. The van der Waals surface area contributed by atoms with Gasteiger partial charge in [-0.05, 0) is 31.0 Å². The van der Waals surface area contributed by atoms with Crippen LogP contribution in [0.15, 0.2) is 24.3 Å². The zero-order chi connectivity index (χ0) is 16.1. The third kappa shape index (κ3) is 4.21. The number of carbonyl (C=O) groups excluding carboxylic acids is 3. The van der Waals surface area contributed by atoms with Crippen molar-refractivity contribution in [2.45, 2.75) is 19.8 Å². The number of hydrogen-bond donors (Lipinski definition) is 3. The number of likely N-dealkylation sites (tertiary alicyclic amines) is 1. The van der Waals surface area contributed by atoms with E-state index < -0.39 is 6.03 Å². The van der Waals surface area contributed by atoms with Gasteiger partial charge in [0.05, 0.1) is 5.92 Å². The maximum atomic E-state index is 12.3. The van der Waals surface area contributed by atoms with Crippen LogP contribution in [0.25, 0.3) is 0 Å². The summed E-state index contributed by atoms with van der Waals surface area (Å²) in [6.07, 6.45) is 1.48. The van der Waals surface area contributed by atoms with Gasteiger partial charge in [-0.3, -0.25) is 9.59 Å². The summed E-state index contributed by atoms with van der Waals surface area (Å²) in [6.45, 7) is 2.36. The molecule has 4 amide bonds. The number of urea groups is 1. The number of anilines is 2. The molecule has 1 aromatic carbocycles. The Kier molecular flexibility index (Phi) is 4.98. The zero-order valence-corrected chi connectivity index (χ0v) is 12.5. The second-order valence-electron chi connectivity index (χ2n) is 5.37. The SMILES string of the molecule is CC(=O)Nc1cccc(NC(=O)C2CCCN(C(N)=O)C2)c1. The summed E-state index contributed by atoms with van der Waals surface area (Å²) in [5.74, 6) is -0.593. The Labute approximate surface area is 128 Å². The highest BCUT2D eigenvalue weighted by atomic mass is 16.2. The predicted octanol–water partition coefficient (Wildman–Crippen LogP) is 1.37. The van der Waals surface area contributed by atoms with E-state index in [0.29, 0.717) is 24.5 Å². The van der Waals surface area contributed by atoms with Crippen LogP contribution >= 0.6 is 0 Å². The number of piperidine rings is 1. The summed E-state index contributed by atoms with van der Waals surface area (Å²) in [5, 5.41) is 5.48. The van der Waals surface area contributed by atoms with Crippen LogP contribution in [0.3, 0.4) is 0 Å². The van der Waals surface area contributed by atoms with Crippen molar-refractivity contribution in [3.8, 4) is 0 Å². The molecule has 7 heteroatoms. The summed E-state index contributed by atoms with van der Waals surface area (Å²) >= 11 is 0. The molecule has 118 valence electrons. The van der Waals surface area contributed by atoms with E-state index in [1.165, 1.54) is 11.8 Å². The molecule has 1 heterocycles. The smallest absolute Gasteiger partial charge is 0.314 e. The average molecular weight is 304 g/mol. The summed E-state index contributed by atoms with van der Waals surface area (Å²) in [7, 11) is 0. The predicted molar refractivity (Wildman–Crippen MR) is 83.3 cm³/mol. The number of carbonyl (C=O) groups is 3. The van der Waals surface area contributed by atoms with Crippen molar-refractivity contribution in [2.24, 2.45) is 11.7 Å². The molecule has 1 atom stereocenters. The highest BCUT2D eigenvalue weighted by Gasteiger charge is 2.27. The van der Waals surface area contributed by atoms with Gasteiger partial charge in [0.2, 0.25) is 11.8 Å². The van der Waals surface area contributed by atoms with Crippen LogP contribution < -0.4 is 16.4 Å². The number of rotatable bonds is 3. The maximum absolute atomic E-state index is 12.3. The first-order valence-electron chi connectivity index (χ1n) is 7.18. The van der Waals surface area contributed by atoms with E-state index in [-0.39, 0.29) is 17.7 Å². The van der Waals surface area contributed by atoms with Crippen molar-refractivity contribution < 1.29 is 14.4 Å². The fourth-order valence-corrected chi connectivity index (χ4v) is 2.51. The fourth-order valence-electron chi connectivity index (χ4n) is 2.51. The first-order chi connectivity index (χ1) is 10.5. The second kappa shape index (κ2) is 6.93. The Morgan fingerprint density at radius 1 is 1.23 bits per heavy atom. The van der Waals surface area contributed by atoms with Gasteiger partial charge >= 0.3 is 6.03 Å². The highest BCUT2D eigenvalue weighted by Crippen LogP contribution is 2.20. The van der Waals surface area contributed by atoms with Crippen LogP contribution in [0.1, 0.15) is 19.8 Å². The van der Waals surface area contributed by atoms with Gasteiger partial charge < -0.3 is 21.3 Å². The van der Waals surface area contributed by atoms with Gasteiger partial charge in [-0.1, -0.05) is 6.07 Å². The molecule has 0 bridgehead atoms. The number of benzene rings is 1. The lowest BCUT2D eigenvalue weighted by Gasteiger charge is -2.30. The second-order valence-corrected chi connectivity index (χ2v) is 5.37. The van der Waals surface area contributed by atoms with Crippen molar-refractivity contribution in [1.29, 1.82) is 0 Å². The molecule has 0 spiro atoms. The van der Waals surface area contributed by atoms with Crippen LogP contribution in [0.2, 0.25) is 0 Å². The number of nitrogens with zero attached hydrogens (tertiary/aromatic N) is 1. The minimum atomic E-state index is -0.495. The van der Waals surface area contributed by atoms with Crippen molar-refractivity contribution in [2.75, 3.05) is 23.7 Å². The van der Waals surface area contributed by atoms with Crippen LogP contribution in [0, 0.1) is 5.92 Å². The largest absolute Gasteiger partial charge is 0.351 e. The molecule has 2 rings (SSSR count). The standard InChI is InChI=1S/C15H20N4O3/c1-10(20)17-12-5-2-6-13(8-12)18-14(21)11-4-3-7-19(9-11)15(16)22/h2,5-6,8,11H,3-4,7,9H2,1H3,(H2,16,22)(H,17,20)(H,18,21). The van der Waals surface area contributed by atoms with Gasteiger partial charge in [-0.15, -0.1) is 0 Å². The Bertz CT molecular complexity index is 588. The van der Waals surface area contributed by atoms with Gasteiger partial charge in [-0.25, -0.2) is 4.79 Å². The van der Waals surface area contributed by atoms with Crippen LogP contribution in [0.5, 0.6) is 0 Å². The van der Waals surface area contributed by atoms with E-state index in [4.69, 9.17) is 5.73 Å². The molecule has 0 aliphatic carbocycles. The molecule has 0 aromatic heterocycles. The van der Waals surface area contributed by atoms with Crippen molar-refractivity contribution in [3.05, 3.63) is 24.3 Å². The van der Waals surface area contributed by atoms with Gasteiger partial charge in [0.15, 0.2) is 0 Å². The Balaban J connectivity index is 1.99. The van der Waals surface area contributed by atoms with Crippen LogP contribution in [0.4, 0.5) is 16.2 Å². The molecule has 1 aromatic rings. The maximum Gasteiger partial charge on any atom is 0.314 e. The molecule has 1 fully saturated rings. The summed E-state index contributed by atoms with van der Waals surface area (Å²) in [6, 6.07) is 6.43. The first kappa shape index (κ1) is 15.8. The average Bonchev–Trinajstić information content (AvgIpc) is 2.47. The molecule has 1 aliphatic rings. The topological polar surface area (TPSA) is 105 Å². The van der Waals surface area contributed by atoms with Crippen LogP contribution in [-0.4, -0.2) is 35.8 Å². The minimum absolute atomic E-state index is 0.147. The molecule has 7 nitrogen and oxygen atoms in total. The van der Waals surface area contributed by atoms with E-state index in [1.807, 2.05) is 0 Å². The van der Waals surface area contributed by atoms with Crippen molar-refractivity contribution in [3.63, 3.8) is 0 Å². The third-order valence-electron chi connectivity index (χ3n) is 3.55. The first-order valence-corrected chi connectivity index (χ1v) is 7.18. The van der Waals surface area contributed by atoms with E-state index >= 15 is 0 Å². The van der Waals surface area contributed by atoms with E-state index in [9.17, 15) is 14.4 Å². The van der Waals surface area contributed by atoms with E-state index in [2.05, 4.69) is 10.6 Å². The molecule has 1 aliphatic heterocycles. The molecule has 1 saturated heterocycles. The van der Waals surface area contributed by atoms with E-state index in [0.717, 1.165) is 12.8 Å². The third-order valence-corrected chi connectivity index (χ3v) is 3.55. The van der Waals surface area contributed by atoms with Gasteiger partial charge in [0.25, 0.3) is 0 Å². The molecular weight excluding hydrogens is 284 g/mol. The van der Waals surface area contributed by atoms with Gasteiger partial charge in [0.1, 0.15) is 0 Å². The summed E-state index contributed by atoms with van der Waals surface area (Å²) in [5.41, 5.74) is 6.49. The molecule has 1 unspecified atom stereocenters. The van der Waals surface area contributed by atoms with Gasteiger partial charge in [0, 0.05) is 31.4 Å². The Morgan fingerprint density at radius 3 is 2.55 bits per heavy atom. The van der Waals surface area contributed by atoms with E-state index in [1.54, 1.807) is 24.3 Å². The normalized spacial score (nSPS) is 17.7. The summed E-state index contributed by atoms with van der Waals surface area (Å²) < 4.78 is 0. The monoisotopic (exact) mass is 304 g/mol. The Morgan fingerprint density at radius 2 is 1.91 bits per heavy atom. The minimum Gasteiger partial charge on any atom is -0.351 e. The molecule has 22 heavy (non-hydrogen) atoms. The van der Waals surface area contributed by atoms with Crippen molar-refractivity contribution in [1.82, 2.24) is 4.90 Å². The lowest BCUT2D eigenvalue weighted by atomic mass is 9.97. The lowest BCUT2D eigenvalue weighted by Crippen LogP contribution is -2.46. The Hall–Kier alpha value is -2.57. The number of nitrogens with one attached hydrogen (secondary N) is 2. The quantitative estimate of drug-likeness (QED) is 0.785. The zero-order valence-electron chi connectivity index (χ0n) is 12.5.